The van der Waals surface area contributed by atoms with E-state index in [1.807, 2.05) is 24.8 Å². The Kier molecular flexibility index (Phi) is 4.25. The van der Waals surface area contributed by atoms with E-state index in [1.54, 1.807) is 4.68 Å². The molecule has 1 aromatic heterocycles. The minimum absolute atomic E-state index is 0.0675. The molecule has 1 spiro atoms. The normalized spacial score (nSPS) is 26.3. The van der Waals surface area contributed by atoms with E-state index in [0.29, 0.717) is 6.54 Å². The van der Waals surface area contributed by atoms with Crippen molar-refractivity contribution in [2.45, 2.75) is 71.4 Å². The third kappa shape index (κ3) is 2.80. The number of hydrogen-bond acceptors (Lipinski definition) is 3. The molecule has 2 aliphatic rings. The molecule has 5 heteroatoms. The van der Waals surface area contributed by atoms with Crippen molar-refractivity contribution in [2.24, 2.45) is 5.41 Å². The minimum Gasteiger partial charge on any atom is -0.389 e. The van der Waals surface area contributed by atoms with Crippen molar-refractivity contribution in [1.29, 1.82) is 0 Å². The van der Waals surface area contributed by atoms with Crippen LogP contribution in [0.3, 0.4) is 0 Å². The second kappa shape index (κ2) is 5.93. The van der Waals surface area contributed by atoms with Crippen LogP contribution in [0.5, 0.6) is 0 Å². The highest BCUT2D eigenvalue weighted by Gasteiger charge is 2.57. The topological polar surface area (TPSA) is 58.4 Å². The molecule has 1 aromatic rings. The molecular weight excluding hydrogens is 290 g/mol. The Bertz CT molecular complexity index is 587. The quantitative estimate of drug-likeness (QED) is 0.927. The predicted molar refractivity (Wildman–Crippen MR) is 89.0 cm³/mol. The number of carbonyl (C=O) groups excluding carboxylic acids is 1. The third-order valence-corrected chi connectivity index (χ3v) is 6.13. The lowest BCUT2D eigenvalue weighted by atomic mass is 9.51. The smallest absolute Gasteiger partial charge is 0.244 e. The van der Waals surface area contributed by atoms with Gasteiger partial charge in [0.25, 0.3) is 0 Å². The zero-order chi connectivity index (χ0) is 16.7. The van der Waals surface area contributed by atoms with E-state index in [0.717, 1.165) is 63.0 Å². The molecule has 1 saturated carbocycles. The SMILES string of the molecule is CCCC1(O)CCC12CCN(C(=O)Cn1nc(C)cc1C)CC2. The van der Waals surface area contributed by atoms with Crippen LogP contribution in [0.4, 0.5) is 0 Å². The molecule has 1 amide bonds. The van der Waals surface area contributed by atoms with Gasteiger partial charge in [-0.25, -0.2) is 0 Å². The Balaban J connectivity index is 1.59. The van der Waals surface area contributed by atoms with Crippen LogP contribution >= 0.6 is 0 Å². The Morgan fingerprint density at radius 2 is 1.96 bits per heavy atom. The van der Waals surface area contributed by atoms with E-state index in [4.69, 9.17) is 0 Å². The van der Waals surface area contributed by atoms with E-state index in [-0.39, 0.29) is 11.3 Å². The molecule has 2 fully saturated rings. The number of hydrogen-bond donors (Lipinski definition) is 1. The fourth-order valence-electron chi connectivity index (χ4n) is 4.53. The number of aryl methyl sites for hydroxylation is 2. The minimum atomic E-state index is -0.480. The first-order valence-corrected chi connectivity index (χ1v) is 8.90. The van der Waals surface area contributed by atoms with Gasteiger partial charge in [-0.05, 0) is 52.0 Å². The van der Waals surface area contributed by atoms with Gasteiger partial charge in [-0.15, -0.1) is 0 Å². The number of piperidine rings is 1. The van der Waals surface area contributed by atoms with E-state index in [9.17, 15) is 9.90 Å². The van der Waals surface area contributed by atoms with Crippen LogP contribution in [0.2, 0.25) is 0 Å². The highest BCUT2D eigenvalue weighted by molar-refractivity contribution is 5.76. The van der Waals surface area contributed by atoms with Gasteiger partial charge < -0.3 is 10.0 Å². The monoisotopic (exact) mass is 319 g/mol. The van der Waals surface area contributed by atoms with Gasteiger partial charge in [0.05, 0.1) is 11.3 Å². The molecule has 1 atom stereocenters. The van der Waals surface area contributed by atoms with Gasteiger partial charge in [0.2, 0.25) is 5.91 Å². The van der Waals surface area contributed by atoms with Gasteiger partial charge in [-0.3, -0.25) is 9.48 Å². The molecule has 3 rings (SSSR count). The fraction of sp³-hybridized carbons (Fsp3) is 0.778. The number of aromatic nitrogens is 2. The van der Waals surface area contributed by atoms with Crippen molar-refractivity contribution < 1.29 is 9.90 Å². The number of nitrogens with zero attached hydrogens (tertiary/aromatic N) is 3. The number of rotatable bonds is 4. The van der Waals surface area contributed by atoms with Crippen LogP contribution in [0.15, 0.2) is 6.07 Å². The summed E-state index contributed by atoms with van der Waals surface area (Å²) in [6.07, 6.45) is 5.84. The highest BCUT2D eigenvalue weighted by atomic mass is 16.3. The summed E-state index contributed by atoms with van der Waals surface area (Å²) < 4.78 is 1.79. The fourth-order valence-corrected chi connectivity index (χ4v) is 4.53. The Hall–Kier alpha value is -1.36. The summed E-state index contributed by atoms with van der Waals surface area (Å²) in [5.74, 6) is 0.143. The molecule has 128 valence electrons. The lowest BCUT2D eigenvalue weighted by Gasteiger charge is -2.59. The molecule has 5 nitrogen and oxygen atoms in total. The Labute approximate surface area is 138 Å². The average molecular weight is 319 g/mol. The second-order valence-corrected chi connectivity index (χ2v) is 7.53. The van der Waals surface area contributed by atoms with Gasteiger partial charge in [-0.2, -0.15) is 5.10 Å². The first-order valence-electron chi connectivity index (χ1n) is 8.90. The predicted octanol–water partition coefficient (Wildman–Crippen LogP) is 2.43. The molecular formula is C18H29N3O2. The summed E-state index contributed by atoms with van der Waals surface area (Å²) >= 11 is 0. The van der Waals surface area contributed by atoms with Crippen LogP contribution in [-0.2, 0) is 11.3 Å². The molecule has 0 aromatic carbocycles. The van der Waals surface area contributed by atoms with Crippen LogP contribution in [0.1, 0.15) is 56.8 Å². The largest absolute Gasteiger partial charge is 0.389 e. The van der Waals surface area contributed by atoms with Crippen LogP contribution < -0.4 is 0 Å². The molecule has 2 heterocycles. The van der Waals surface area contributed by atoms with Crippen LogP contribution in [-0.4, -0.2) is 44.4 Å². The zero-order valence-corrected chi connectivity index (χ0v) is 14.6. The second-order valence-electron chi connectivity index (χ2n) is 7.53. The van der Waals surface area contributed by atoms with Gasteiger partial charge >= 0.3 is 0 Å². The Morgan fingerprint density at radius 3 is 2.43 bits per heavy atom. The summed E-state index contributed by atoms with van der Waals surface area (Å²) in [6.45, 7) is 7.93. The standard InChI is InChI=1S/C18H29N3O2/c1-4-5-18(23)7-6-17(18)8-10-20(11-9-17)16(22)13-21-15(3)12-14(2)19-21/h12,23H,4-11,13H2,1-3H3. The van der Waals surface area contributed by atoms with Crippen molar-refractivity contribution in [2.75, 3.05) is 13.1 Å². The van der Waals surface area contributed by atoms with E-state index < -0.39 is 5.60 Å². The van der Waals surface area contributed by atoms with Gasteiger partial charge in [0.1, 0.15) is 6.54 Å². The molecule has 1 N–H and O–H groups in total. The molecule has 1 saturated heterocycles. The maximum Gasteiger partial charge on any atom is 0.244 e. The number of likely N-dealkylation sites (tertiary alicyclic amines) is 1. The molecule has 0 radical (unpaired) electrons. The molecule has 0 bridgehead atoms. The molecule has 1 unspecified atom stereocenters. The number of carbonyl (C=O) groups is 1. The first kappa shape index (κ1) is 16.5. The molecule has 1 aliphatic carbocycles. The maximum absolute atomic E-state index is 12.5. The van der Waals surface area contributed by atoms with E-state index >= 15 is 0 Å². The zero-order valence-electron chi connectivity index (χ0n) is 14.6. The van der Waals surface area contributed by atoms with E-state index in [2.05, 4.69) is 12.0 Å². The summed E-state index contributed by atoms with van der Waals surface area (Å²) in [7, 11) is 0. The van der Waals surface area contributed by atoms with Crippen molar-refractivity contribution in [3.63, 3.8) is 0 Å². The maximum atomic E-state index is 12.5. The third-order valence-electron chi connectivity index (χ3n) is 6.13. The number of amides is 1. The van der Waals surface area contributed by atoms with Crippen molar-refractivity contribution in [3.05, 3.63) is 17.5 Å². The van der Waals surface area contributed by atoms with Gasteiger partial charge in [0, 0.05) is 24.2 Å². The number of aliphatic hydroxyl groups is 1. The lowest BCUT2D eigenvalue weighted by molar-refractivity contribution is -0.195. The van der Waals surface area contributed by atoms with Gasteiger partial charge in [-0.1, -0.05) is 13.3 Å². The van der Waals surface area contributed by atoms with Crippen LogP contribution in [0, 0.1) is 19.3 Å². The molecule has 23 heavy (non-hydrogen) atoms. The Morgan fingerprint density at radius 1 is 1.26 bits per heavy atom. The molecule has 1 aliphatic heterocycles. The van der Waals surface area contributed by atoms with Gasteiger partial charge in [0.15, 0.2) is 0 Å². The average Bonchev–Trinajstić information content (AvgIpc) is 2.84. The van der Waals surface area contributed by atoms with Crippen molar-refractivity contribution in [3.8, 4) is 0 Å². The summed E-state index contributed by atoms with van der Waals surface area (Å²) in [6, 6.07) is 2.00. The van der Waals surface area contributed by atoms with Crippen LogP contribution in [0.25, 0.3) is 0 Å². The van der Waals surface area contributed by atoms with Crippen molar-refractivity contribution >= 4 is 5.91 Å². The van der Waals surface area contributed by atoms with E-state index in [1.165, 1.54) is 0 Å². The first-order chi connectivity index (χ1) is 10.9. The summed E-state index contributed by atoms with van der Waals surface area (Å²) in [4.78, 5) is 14.5. The highest BCUT2D eigenvalue weighted by Crippen LogP contribution is 2.58. The summed E-state index contributed by atoms with van der Waals surface area (Å²) in [5.41, 5.74) is 1.57. The van der Waals surface area contributed by atoms with Crippen molar-refractivity contribution in [1.82, 2.24) is 14.7 Å². The lowest BCUT2D eigenvalue weighted by Crippen LogP contribution is -2.61. The summed E-state index contributed by atoms with van der Waals surface area (Å²) in [5, 5.41) is 15.2.